The molecule has 0 saturated carbocycles. The van der Waals surface area contributed by atoms with Crippen LogP contribution in [0.15, 0.2) is 18.2 Å². The number of aliphatic hydroxyl groups is 2. The Morgan fingerprint density at radius 2 is 2.12 bits per heavy atom. The fourth-order valence-electron chi connectivity index (χ4n) is 1.39. The van der Waals surface area contributed by atoms with E-state index in [9.17, 15) is 19.4 Å². The number of hydrogen-bond acceptors (Lipinski definition) is 4. The highest BCUT2D eigenvalue weighted by molar-refractivity contribution is 5.74. The summed E-state index contributed by atoms with van der Waals surface area (Å²) < 4.78 is 13.1. The number of nitrogens with two attached hydrogens (primary N) is 1. The molecule has 4 N–H and O–H groups in total. The highest BCUT2D eigenvalue weighted by atomic mass is 19.1. The SMILES string of the molecule is N#Cc1cc(F)cc(C(O)C(O)CC(N)=O)c1. The summed E-state index contributed by atoms with van der Waals surface area (Å²) in [5.41, 5.74) is 4.90. The Morgan fingerprint density at radius 1 is 1.47 bits per heavy atom. The molecule has 0 bridgehead atoms. The lowest BCUT2D eigenvalue weighted by molar-refractivity contribution is -0.121. The van der Waals surface area contributed by atoms with Crippen molar-refractivity contribution in [2.75, 3.05) is 0 Å². The highest BCUT2D eigenvalue weighted by Crippen LogP contribution is 2.21. The molecule has 0 heterocycles. The van der Waals surface area contributed by atoms with E-state index in [1.807, 2.05) is 0 Å². The Kier molecular flexibility index (Phi) is 4.15. The average molecular weight is 238 g/mol. The van der Waals surface area contributed by atoms with E-state index in [4.69, 9.17) is 11.0 Å². The van der Waals surface area contributed by atoms with Crippen LogP contribution in [-0.2, 0) is 4.79 Å². The number of carbonyl (C=O) groups is 1. The molecule has 0 aromatic heterocycles. The van der Waals surface area contributed by atoms with Gasteiger partial charge >= 0.3 is 0 Å². The lowest BCUT2D eigenvalue weighted by atomic mass is 10.00. The molecule has 1 amide bonds. The molecule has 1 rings (SSSR count). The summed E-state index contributed by atoms with van der Waals surface area (Å²) in [6.45, 7) is 0. The molecule has 1 aromatic rings. The van der Waals surface area contributed by atoms with E-state index in [1.54, 1.807) is 6.07 Å². The molecule has 0 aliphatic heterocycles. The minimum Gasteiger partial charge on any atom is -0.390 e. The second-order valence-electron chi connectivity index (χ2n) is 3.57. The molecule has 0 aliphatic rings. The van der Waals surface area contributed by atoms with Crippen LogP contribution in [0.2, 0.25) is 0 Å². The number of primary amides is 1. The topological polar surface area (TPSA) is 107 Å². The monoisotopic (exact) mass is 238 g/mol. The first kappa shape index (κ1) is 13.1. The lowest BCUT2D eigenvalue weighted by Gasteiger charge is -2.17. The number of nitrogens with zero attached hydrogens (tertiary/aromatic N) is 1. The van der Waals surface area contributed by atoms with Crippen LogP contribution >= 0.6 is 0 Å². The van der Waals surface area contributed by atoms with E-state index in [-0.39, 0.29) is 11.1 Å². The van der Waals surface area contributed by atoms with Crippen LogP contribution in [0.3, 0.4) is 0 Å². The summed E-state index contributed by atoms with van der Waals surface area (Å²) >= 11 is 0. The Hall–Kier alpha value is -1.97. The van der Waals surface area contributed by atoms with Gasteiger partial charge < -0.3 is 15.9 Å². The number of carbonyl (C=O) groups excluding carboxylic acids is 1. The number of aliphatic hydroxyl groups excluding tert-OH is 2. The number of nitriles is 1. The Bertz CT molecular complexity index is 470. The number of rotatable bonds is 4. The van der Waals surface area contributed by atoms with E-state index in [0.29, 0.717) is 0 Å². The minimum atomic E-state index is -1.47. The maximum Gasteiger partial charge on any atom is 0.220 e. The van der Waals surface area contributed by atoms with Crippen molar-refractivity contribution in [2.24, 2.45) is 5.73 Å². The molecule has 90 valence electrons. The summed E-state index contributed by atoms with van der Waals surface area (Å²) in [6, 6.07) is 4.93. The van der Waals surface area contributed by atoms with Gasteiger partial charge in [0.2, 0.25) is 5.91 Å². The zero-order valence-corrected chi connectivity index (χ0v) is 8.80. The molecule has 0 spiro atoms. The lowest BCUT2D eigenvalue weighted by Crippen LogP contribution is -2.25. The molecule has 0 fully saturated rings. The zero-order valence-electron chi connectivity index (χ0n) is 8.80. The molecule has 5 nitrogen and oxygen atoms in total. The first-order valence-corrected chi connectivity index (χ1v) is 4.79. The summed E-state index contributed by atoms with van der Waals surface area (Å²) in [5.74, 6) is -1.49. The van der Waals surface area contributed by atoms with Gasteiger partial charge in [0.25, 0.3) is 0 Å². The van der Waals surface area contributed by atoms with Crippen molar-refractivity contribution in [2.45, 2.75) is 18.6 Å². The van der Waals surface area contributed by atoms with Crippen molar-refractivity contribution in [1.82, 2.24) is 0 Å². The van der Waals surface area contributed by atoms with Crippen LogP contribution in [0.4, 0.5) is 4.39 Å². The van der Waals surface area contributed by atoms with Crippen molar-refractivity contribution in [3.63, 3.8) is 0 Å². The second kappa shape index (κ2) is 5.39. The van der Waals surface area contributed by atoms with Crippen molar-refractivity contribution in [1.29, 1.82) is 5.26 Å². The largest absolute Gasteiger partial charge is 0.390 e. The number of hydrogen-bond donors (Lipinski definition) is 3. The quantitative estimate of drug-likeness (QED) is 0.684. The van der Waals surface area contributed by atoms with E-state index in [0.717, 1.165) is 12.1 Å². The Balaban J connectivity index is 2.96. The summed E-state index contributed by atoms with van der Waals surface area (Å²) in [4.78, 5) is 10.6. The fraction of sp³-hybridized carbons (Fsp3) is 0.273. The van der Waals surface area contributed by atoms with Gasteiger partial charge in [0, 0.05) is 0 Å². The maximum atomic E-state index is 13.1. The van der Waals surface area contributed by atoms with Crippen molar-refractivity contribution in [3.8, 4) is 6.07 Å². The number of benzene rings is 1. The van der Waals surface area contributed by atoms with Crippen LogP contribution in [0, 0.1) is 17.1 Å². The van der Waals surface area contributed by atoms with E-state index in [2.05, 4.69) is 0 Å². The third-order valence-electron chi connectivity index (χ3n) is 2.17. The van der Waals surface area contributed by atoms with Gasteiger partial charge in [-0.25, -0.2) is 4.39 Å². The number of halogens is 1. The van der Waals surface area contributed by atoms with Crippen LogP contribution in [0.5, 0.6) is 0 Å². The van der Waals surface area contributed by atoms with Gasteiger partial charge in [-0.15, -0.1) is 0 Å². The molecular formula is C11H11FN2O3. The van der Waals surface area contributed by atoms with Crippen molar-refractivity contribution in [3.05, 3.63) is 35.1 Å². The van der Waals surface area contributed by atoms with Crippen molar-refractivity contribution >= 4 is 5.91 Å². The van der Waals surface area contributed by atoms with Gasteiger partial charge in [0.1, 0.15) is 11.9 Å². The van der Waals surface area contributed by atoms with Crippen LogP contribution in [0.1, 0.15) is 23.7 Å². The standard InChI is InChI=1S/C11H11FN2O3/c12-8-2-6(5-13)1-7(3-8)11(17)9(15)4-10(14)16/h1-3,9,11,15,17H,4H2,(H2,14,16). The average Bonchev–Trinajstić information content (AvgIpc) is 2.26. The van der Waals surface area contributed by atoms with Gasteiger partial charge in [-0.1, -0.05) is 0 Å². The minimum absolute atomic E-state index is 0.0188. The predicted molar refractivity (Wildman–Crippen MR) is 55.9 cm³/mol. The van der Waals surface area contributed by atoms with Gasteiger partial charge in [-0.2, -0.15) is 5.26 Å². The molecule has 0 saturated heterocycles. The maximum absolute atomic E-state index is 13.1. The second-order valence-corrected chi connectivity index (χ2v) is 3.57. The summed E-state index contributed by atoms with van der Waals surface area (Å²) in [6.07, 6.45) is -3.34. The Labute approximate surface area is 96.9 Å². The van der Waals surface area contributed by atoms with E-state index >= 15 is 0 Å². The van der Waals surface area contributed by atoms with E-state index in [1.165, 1.54) is 6.07 Å². The van der Waals surface area contributed by atoms with Gasteiger partial charge in [-0.05, 0) is 23.8 Å². The molecule has 17 heavy (non-hydrogen) atoms. The van der Waals surface area contributed by atoms with E-state index < -0.39 is 30.4 Å². The predicted octanol–water partition coefficient (Wildman–Crippen LogP) is -0.0329. The van der Waals surface area contributed by atoms with Crippen molar-refractivity contribution < 1.29 is 19.4 Å². The zero-order chi connectivity index (χ0) is 13.0. The third-order valence-corrected chi connectivity index (χ3v) is 2.17. The highest BCUT2D eigenvalue weighted by Gasteiger charge is 2.21. The Morgan fingerprint density at radius 3 is 2.65 bits per heavy atom. The number of amides is 1. The van der Waals surface area contributed by atoms with Gasteiger partial charge in [0.05, 0.1) is 24.2 Å². The first-order chi connectivity index (χ1) is 7.93. The molecule has 0 aliphatic carbocycles. The molecule has 6 heteroatoms. The van der Waals surface area contributed by atoms with Crippen LogP contribution in [-0.4, -0.2) is 22.2 Å². The third kappa shape index (κ3) is 3.52. The molecule has 1 aromatic carbocycles. The van der Waals surface area contributed by atoms with Gasteiger partial charge in [0.15, 0.2) is 0 Å². The summed E-state index contributed by atoms with van der Waals surface area (Å²) in [7, 11) is 0. The van der Waals surface area contributed by atoms with Gasteiger partial charge in [-0.3, -0.25) is 4.79 Å². The normalized spacial score (nSPS) is 13.8. The molecular weight excluding hydrogens is 227 g/mol. The van der Waals surface area contributed by atoms with Crippen LogP contribution < -0.4 is 5.73 Å². The fourth-order valence-corrected chi connectivity index (χ4v) is 1.39. The smallest absolute Gasteiger partial charge is 0.220 e. The molecule has 2 unspecified atom stereocenters. The van der Waals surface area contributed by atoms with Crippen LogP contribution in [0.25, 0.3) is 0 Å². The molecule has 0 radical (unpaired) electrons. The summed E-state index contributed by atoms with van der Waals surface area (Å²) in [5, 5.41) is 27.7. The first-order valence-electron chi connectivity index (χ1n) is 4.79. The molecule has 2 atom stereocenters.